The third kappa shape index (κ3) is 2.19. The average Bonchev–Trinajstić information content (AvgIpc) is 3.01. The molecule has 0 bridgehead atoms. The van der Waals surface area contributed by atoms with Gasteiger partial charge >= 0.3 is 0 Å². The highest BCUT2D eigenvalue weighted by Crippen LogP contribution is 2.37. The van der Waals surface area contributed by atoms with Gasteiger partial charge in [-0.1, -0.05) is 6.07 Å². The highest BCUT2D eigenvalue weighted by molar-refractivity contribution is 7.12. The summed E-state index contributed by atoms with van der Waals surface area (Å²) >= 11 is 1.43. The maximum Gasteiger partial charge on any atom is 0.268 e. The Labute approximate surface area is 121 Å². The predicted molar refractivity (Wildman–Crippen MR) is 78.6 cm³/mol. The van der Waals surface area contributed by atoms with Gasteiger partial charge in [0, 0.05) is 12.1 Å². The minimum absolute atomic E-state index is 0.0154. The fourth-order valence-corrected chi connectivity index (χ4v) is 3.12. The number of rotatable bonds is 2. The first-order valence-corrected chi connectivity index (χ1v) is 7.30. The Morgan fingerprint density at radius 3 is 3.00 bits per heavy atom. The summed E-state index contributed by atoms with van der Waals surface area (Å²) in [7, 11) is 1.59. The van der Waals surface area contributed by atoms with E-state index in [1.807, 2.05) is 29.6 Å². The van der Waals surface area contributed by atoms with E-state index >= 15 is 0 Å². The quantitative estimate of drug-likeness (QED) is 0.925. The van der Waals surface area contributed by atoms with Crippen molar-refractivity contribution in [2.24, 2.45) is 0 Å². The second-order valence-electron chi connectivity index (χ2n) is 4.66. The summed E-state index contributed by atoms with van der Waals surface area (Å²) in [5.74, 6) is 0.673. The maximum absolute atomic E-state index is 12.5. The third-order valence-electron chi connectivity index (χ3n) is 3.49. The van der Waals surface area contributed by atoms with Gasteiger partial charge in [0.15, 0.2) is 0 Å². The van der Waals surface area contributed by atoms with E-state index in [0.717, 1.165) is 11.3 Å². The van der Waals surface area contributed by atoms with E-state index in [9.17, 15) is 9.90 Å². The molecule has 1 amide bonds. The van der Waals surface area contributed by atoms with E-state index in [-0.39, 0.29) is 5.91 Å². The van der Waals surface area contributed by atoms with E-state index in [4.69, 9.17) is 4.74 Å². The summed E-state index contributed by atoms with van der Waals surface area (Å²) < 4.78 is 5.18. The van der Waals surface area contributed by atoms with Crippen molar-refractivity contribution in [1.82, 2.24) is 0 Å². The topological polar surface area (TPSA) is 49.8 Å². The standard InChI is InChI=1S/C15H15NO3S/c1-19-10-4-5-12-11(9-10)13(17)6-7-16(12)15(18)14-3-2-8-20-14/h2-5,8-9,13,17H,6-7H2,1H3. The van der Waals surface area contributed by atoms with Crippen molar-refractivity contribution < 1.29 is 14.6 Å². The van der Waals surface area contributed by atoms with E-state index < -0.39 is 6.10 Å². The predicted octanol–water partition coefficient (Wildman–Crippen LogP) is 2.84. The number of methoxy groups -OCH3 is 1. The summed E-state index contributed by atoms with van der Waals surface area (Å²) in [6.45, 7) is 0.525. The third-order valence-corrected chi connectivity index (χ3v) is 4.35. The highest BCUT2D eigenvalue weighted by atomic mass is 32.1. The van der Waals surface area contributed by atoms with Crippen molar-refractivity contribution >= 4 is 22.9 Å². The molecular formula is C15H15NO3S. The minimum atomic E-state index is -0.549. The zero-order valence-electron chi connectivity index (χ0n) is 11.1. The number of aliphatic hydroxyl groups excluding tert-OH is 1. The minimum Gasteiger partial charge on any atom is -0.497 e. The fourth-order valence-electron chi connectivity index (χ4n) is 2.44. The molecule has 5 heteroatoms. The van der Waals surface area contributed by atoms with E-state index in [2.05, 4.69) is 0 Å². The zero-order chi connectivity index (χ0) is 14.1. The number of nitrogens with zero attached hydrogens (tertiary/aromatic N) is 1. The molecule has 1 aliphatic rings. The van der Waals surface area contributed by atoms with E-state index in [1.54, 1.807) is 18.1 Å². The van der Waals surface area contributed by atoms with Crippen molar-refractivity contribution in [3.63, 3.8) is 0 Å². The number of hydrogen-bond acceptors (Lipinski definition) is 4. The maximum atomic E-state index is 12.5. The molecule has 0 spiro atoms. The summed E-state index contributed by atoms with van der Waals surface area (Å²) in [5, 5.41) is 12.0. The normalized spacial score (nSPS) is 17.7. The van der Waals surface area contributed by atoms with Gasteiger partial charge < -0.3 is 14.7 Å². The van der Waals surface area contributed by atoms with Crippen molar-refractivity contribution in [3.8, 4) is 5.75 Å². The molecule has 0 saturated carbocycles. The van der Waals surface area contributed by atoms with Gasteiger partial charge in [0.1, 0.15) is 5.75 Å². The molecule has 2 aromatic rings. The number of benzene rings is 1. The molecule has 1 unspecified atom stereocenters. The lowest BCUT2D eigenvalue weighted by Crippen LogP contribution is -2.36. The molecule has 0 aliphatic carbocycles. The Bertz CT molecular complexity index is 624. The number of amides is 1. The van der Waals surface area contributed by atoms with Gasteiger partial charge in [-0.2, -0.15) is 0 Å². The van der Waals surface area contributed by atoms with E-state index in [1.165, 1.54) is 11.3 Å². The molecule has 0 radical (unpaired) electrons. The summed E-state index contributed by atoms with van der Waals surface area (Å²) in [6, 6.07) is 9.13. The second kappa shape index (κ2) is 5.26. The summed E-state index contributed by atoms with van der Waals surface area (Å²) in [6.07, 6.45) is -0.00965. The van der Waals surface area contributed by atoms with Crippen LogP contribution in [0.25, 0.3) is 0 Å². The smallest absolute Gasteiger partial charge is 0.268 e. The van der Waals surface area contributed by atoms with Crippen LogP contribution in [0.15, 0.2) is 35.7 Å². The Morgan fingerprint density at radius 2 is 2.30 bits per heavy atom. The number of aliphatic hydroxyl groups is 1. The van der Waals surface area contributed by atoms with Crippen LogP contribution in [0.3, 0.4) is 0 Å². The average molecular weight is 289 g/mol. The molecule has 3 rings (SSSR count). The Morgan fingerprint density at radius 1 is 1.45 bits per heavy atom. The summed E-state index contributed by atoms with van der Waals surface area (Å²) in [4.78, 5) is 14.9. The fraction of sp³-hybridized carbons (Fsp3) is 0.267. The molecule has 0 saturated heterocycles. The lowest BCUT2D eigenvalue weighted by Gasteiger charge is -2.32. The molecule has 1 aliphatic heterocycles. The lowest BCUT2D eigenvalue weighted by molar-refractivity contribution is 0.0974. The number of carbonyl (C=O) groups excluding carboxylic acids is 1. The van der Waals surface area contributed by atoms with Crippen LogP contribution < -0.4 is 9.64 Å². The Hall–Kier alpha value is -1.85. The van der Waals surface area contributed by atoms with Crippen LogP contribution in [0.5, 0.6) is 5.75 Å². The van der Waals surface area contributed by atoms with Crippen molar-refractivity contribution in [3.05, 3.63) is 46.2 Å². The Balaban J connectivity index is 2.00. The van der Waals surface area contributed by atoms with Crippen LogP contribution in [0.4, 0.5) is 5.69 Å². The molecule has 1 N–H and O–H groups in total. The molecule has 20 heavy (non-hydrogen) atoms. The summed E-state index contributed by atoms with van der Waals surface area (Å²) in [5.41, 5.74) is 1.52. The van der Waals surface area contributed by atoms with Crippen molar-refractivity contribution in [2.45, 2.75) is 12.5 Å². The van der Waals surface area contributed by atoms with Gasteiger partial charge in [0.05, 0.1) is 23.8 Å². The number of ether oxygens (including phenoxy) is 1. The first-order chi connectivity index (χ1) is 9.70. The lowest BCUT2D eigenvalue weighted by atomic mass is 9.98. The molecule has 104 valence electrons. The van der Waals surface area contributed by atoms with Crippen LogP contribution in [-0.4, -0.2) is 24.7 Å². The van der Waals surface area contributed by atoms with Crippen LogP contribution in [0.1, 0.15) is 27.8 Å². The number of anilines is 1. The van der Waals surface area contributed by atoms with Gasteiger partial charge in [0.25, 0.3) is 5.91 Å². The van der Waals surface area contributed by atoms with Crippen LogP contribution in [0.2, 0.25) is 0 Å². The van der Waals surface area contributed by atoms with Crippen LogP contribution in [-0.2, 0) is 0 Å². The molecule has 1 aromatic carbocycles. The molecule has 1 atom stereocenters. The van der Waals surface area contributed by atoms with Crippen LogP contribution in [0, 0.1) is 0 Å². The largest absolute Gasteiger partial charge is 0.497 e. The van der Waals surface area contributed by atoms with Gasteiger partial charge in [0.2, 0.25) is 0 Å². The first kappa shape index (κ1) is 13.1. The van der Waals surface area contributed by atoms with E-state index in [0.29, 0.717) is 23.6 Å². The zero-order valence-corrected chi connectivity index (χ0v) is 11.9. The van der Waals surface area contributed by atoms with Crippen molar-refractivity contribution in [2.75, 3.05) is 18.6 Å². The number of fused-ring (bicyclic) bond motifs is 1. The number of carbonyl (C=O) groups is 1. The SMILES string of the molecule is COc1ccc2c(c1)C(O)CCN2C(=O)c1cccs1. The van der Waals surface area contributed by atoms with Gasteiger partial charge in [-0.15, -0.1) is 11.3 Å². The van der Waals surface area contributed by atoms with Crippen molar-refractivity contribution in [1.29, 1.82) is 0 Å². The first-order valence-electron chi connectivity index (χ1n) is 6.42. The van der Waals surface area contributed by atoms with Gasteiger partial charge in [-0.25, -0.2) is 0 Å². The number of thiophene rings is 1. The highest BCUT2D eigenvalue weighted by Gasteiger charge is 2.28. The monoisotopic (exact) mass is 289 g/mol. The van der Waals surface area contributed by atoms with Gasteiger partial charge in [-0.05, 0) is 36.1 Å². The molecule has 1 aromatic heterocycles. The molecular weight excluding hydrogens is 274 g/mol. The van der Waals surface area contributed by atoms with Gasteiger partial charge in [-0.3, -0.25) is 4.79 Å². The molecule has 4 nitrogen and oxygen atoms in total. The van der Waals surface area contributed by atoms with Crippen LogP contribution >= 0.6 is 11.3 Å². The second-order valence-corrected chi connectivity index (χ2v) is 5.61. The Kier molecular flexibility index (Phi) is 3.46. The molecule has 0 fully saturated rings. The molecule has 2 heterocycles. The number of hydrogen-bond donors (Lipinski definition) is 1.